The lowest BCUT2D eigenvalue weighted by molar-refractivity contribution is -0.148. The summed E-state index contributed by atoms with van der Waals surface area (Å²) in [5, 5.41) is 0. The van der Waals surface area contributed by atoms with Crippen LogP contribution in [0.1, 0.15) is 105 Å². The van der Waals surface area contributed by atoms with Crippen molar-refractivity contribution in [3.8, 4) is 0 Å². The number of carbonyl (C=O) groups is 2. The standard InChI is InChI=1S/C22H42O5/c1-5-7-9-13-21(26-19(3)23)15-11-17-25-18-12-16-22(27-20(4)24)14-10-8-6-2/h21-22H,5-18H2,1-4H3. The molecule has 5 heteroatoms. The fourth-order valence-corrected chi connectivity index (χ4v) is 3.17. The lowest BCUT2D eigenvalue weighted by Gasteiger charge is -2.18. The molecule has 0 aliphatic carbocycles. The fourth-order valence-electron chi connectivity index (χ4n) is 3.17. The van der Waals surface area contributed by atoms with E-state index in [2.05, 4.69) is 13.8 Å². The highest BCUT2D eigenvalue weighted by Crippen LogP contribution is 2.14. The maximum absolute atomic E-state index is 11.2. The Morgan fingerprint density at radius 1 is 0.630 bits per heavy atom. The molecule has 5 nitrogen and oxygen atoms in total. The molecule has 0 heterocycles. The number of carbonyl (C=O) groups excluding carboxylic acids is 2. The second kappa shape index (κ2) is 18.3. The summed E-state index contributed by atoms with van der Waals surface area (Å²) in [5.41, 5.74) is 0. The van der Waals surface area contributed by atoms with Crippen molar-refractivity contribution in [3.63, 3.8) is 0 Å². The molecule has 0 radical (unpaired) electrons. The first-order chi connectivity index (χ1) is 13.0. The molecule has 0 bridgehead atoms. The lowest BCUT2D eigenvalue weighted by Crippen LogP contribution is -2.18. The summed E-state index contributed by atoms with van der Waals surface area (Å²) in [5.74, 6) is -0.394. The van der Waals surface area contributed by atoms with Crippen LogP contribution in [0.15, 0.2) is 0 Å². The summed E-state index contributed by atoms with van der Waals surface area (Å²) in [6.45, 7) is 8.65. The van der Waals surface area contributed by atoms with Gasteiger partial charge in [-0.05, 0) is 51.4 Å². The molecule has 0 aromatic heterocycles. The fraction of sp³-hybridized carbons (Fsp3) is 0.909. The van der Waals surface area contributed by atoms with Crippen LogP contribution in [0.3, 0.4) is 0 Å². The van der Waals surface area contributed by atoms with Gasteiger partial charge in [-0.3, -0.25) is 9.59 Å². The molecule has 0 amide bonds. The van der Waals surface area contributed by atoms with Gasteiger partial charge in [0.25, 0.3) is 0 Å². The third-order valence-electron chi connectivity index (χ3n) is 4.55. The third kappa shape index (κ3) is 18.0. The van der Waals surface area contributed by atoms with Crippen molar-refractivity contribution in [1.29, 1.82) is 0 Å². The van der Waals surface area contributed by atoms with Crippen LogP contribution < -0.4 is 0 Å². The highest BCUT2D eigenvalue weighted by molar-refractivity contribution is 5.66. The van der Waals surface area contributed by atoms with E-state index in [0.29, 0.717) is 13.2 Å². The molecule has 0 rings (SSSR count). The predicted molar refractivity (Wildman–Crippen MR) is 109 cm³/mol. The van der Waals surface area contributed by atoms with Gasteiger partial charge in [-0.25, -0.2) is 0 Å². The Morgan fingerprint density at radius 2 is 1.00 bits per heavy atom. The van der Waals surface area contributed by atoms with E-state index in [9.17, 15) is 9.59 Å². The van der Waals surface area contributed by atoms with Crippen molar-refractivity contribution in [2.45, 2.75) is 117 Å². The van der Waals surface area contributed by atoms with Crippen LogP contribution in [0, 0.1) is 0 Å². The zero-order chi connectivity index (χ0) is 20.3. The minimum atomic E-state index is -0.197. The Hall–Kier alpha value is -1.10. The molecule has 0 aromatic carbocycles. The lowest BCUT2D eigenvalue weighted by atomic mass is 10.1. The quantitative estimate of drug-likeness (QED) is 0.227. The van der Waals surface area contributed by atoms with Crippen molar-refractivity contribution in [2.75, 3.05) is 13.2 Å². The molecule has 0 aromatic rings. The molecule has 0 aliphatic rings. The Labute approximate surface area is 166 Å². The van der Waals surface area contributed by atoms with Gasteiger partial charge < -0.3 is 14.2 Å². The number of ether oxygens (including phenoxy) is 3. The minimum absolute atomic E-state index is 0.0181. The molecule has 0 N–H and O–H groups in total. The molecule has 2 unspecified atom stereocenters. The van der Waals surface area contributed by atoms with Gasteiger partial charge in [0, 0.05) is 27.1 Å². The summed E-state index contributed by atoms with van der Waals surface area (Å²) >= 11 is 0. The molecule has 0 saturated heterocycles. The van der Waals surface area contributed by atoms with E-state index in [1.165, 1.54) is 39.5 Å². The van der Waals surface area contributed by atoms with Crippen molar-refractivity contribution < 1.29 is 23.8 Å². The molecule has 0 saturated carbocycles. The molecule has 0 aliphatic heterocycles. The van der Waals surface area contributed by atoms with Gasteiger partial charge >= 0.3 is 11.9 Å². The maximum Gasteiger partial charge on any atom is 0.302 e. The van der Waals surface area contributed by atoms with Crippen LogP contribution >= 0.6 is 0 Å². The van der Waals surface area contributed by atoms with E-state index < -0.39 is 0 Å². The van der Waals surface area contributed by atoms with E-state index >= 15 is 0 Å². The van der Waals surface area contributed by atoms with E-state index in [4.69, 9.17) is 14.2 Å². The van der Waals surface area contributed by atoms with E-state index in [0.717, 1.165) is 51.4 Å². The first-order valence-corrected chi connectivity index (χ1v) is 10.9. The van der Waals surface area contributed by atoms with Gasteiger partial charge in [-0.15, -0.1) is 0 Å². The number of hydrogen-bond donors (Lipinski definition) is 0. The summed E-state index contributed by atoms with van der Waals surface area (Å²) in [7, 11) is 0. The van der Waals surface area contributed by atoms with Gasteiger partial charge in [-0.1, -0.05) is 39.5 Å². The van der Waals surface area contributed by atoms with Gasteiger partial charge in [0.1, 0.15) is 12.2 Å². The number of rotatable bonds is 18. The van der Waals surface area contributed by atoms with Crippen molar-refractivity contribution >= 4 is 11.9 Å². The predicted octanol–water partition coefficient (Wildman–Crippen LogP) is 5.59. The summed E-state index contributed by atoms with van der Waals surface area (Å²) in [6, 6.07) is 0. The maximum atomic E-state index is 11.2. The first-order valence-electron chi connectivity index (χ1n) is 10.9. The van der Waals surface area contributed by atoms with E-state index in [1.807, 2.05) is 0 Å². The second-order valence-corrected chi connectivity index (χ2v) is 7.35. The van der Waals surface area contributed by atoms with Gasteiger partial charge in [0.05, 0.1) is 0 Å². The zero-order valence-corrected chi connectivity index (χ0v) is 18.1. The second-order valence-electron chi connectivity index (χ2n) is 7.35. The molecule has 2 atom stereocenters. The van der Waals surface area contributed by atoms with Crippen molar-refractivity contribution in [1.82, 2.24) is 0 Å². The summed E-state index contributed by atoms with van der Waals surface area (Å²) < 4.78 is 16.5. The first kappa shape index (κ1) is 25.9. The largest absolute Gasteiger partial charge is 0.463 e. The monoisotopic (exact) mass is 386 g/mol. The average molecular weight is 387 g/mol. The summed E-state index contributed by atoms with van der Waals surface area (Å²) in [6.07, 6.45) is 12.3. The topological polar surface area (TPSA) is 61.8 Å². The smallest absolute Gasteiger partial charge is 0.302 e. The van der Waals surface area contributed by atoms with Crippen molar-refractivity contribution in [3.05, 3.63) is 0 Å². The van der Waals surface area contributed by atoms with Gasteiger partial charge in [0.2, 0.25) is 0 Å². The molecular formula is C22H42O5. The number of hydrogen-bond acceptors (Lipinski definition) is 5. The molecular weight excluding hydrogens is 344 g/mol. The zero-order valence-electron chi connectivity index (χ0n) is 18.1. The Morgan fingerprint density at radius 3 is 1.33 bits per heavy atom. The van der Waals surface area contributed by atoms with Crippen LogP contribution in [0.2, 0.25) is 0 Å². The number of unbranched alkanes of at least 4 members (excludes halogenated alkanes) is 4. The average Bonchev–Trinajstić information content (AvgIpc) is 2.59. The van der Waals surface area contributed by atoms with Crippen LogP contribution in [0.5, 0.6) is 0 Å². The van der Waals surface area contributed by atoms with Crippen LogP contribution in [-0.4, -0.2) is 37.4 Å². The van der Waals surface area contributed by atoms with E-state index in [1.54, 1.807) is 0 Å². The van der Waals surface area contributed by atoms with Gasteiger partial charge in [-0.2, -0.15) is 0 Å². The Kier molecular flexibility index (Phi) is 17.5. The molecule has 0 fully saturated rings. The minimum Gasteiger partial charge on any atom is -0.463 e. The Bertz CT molecular complexity index is 336. The van der Waals surface area contributed by atoms with Crippen molar-refractivity contribution in [2.24, 2.45) is 0 Å². The van der Waals surface area contributed by atoms with Crippen LogP contribution in [0.25, 0.3) is 0 Å². The van der Waals surface area contributed by atoms with Gasteiger partial charge in [0.15, 0.2) is 0 Å². The molecule has 27 heavy (non-hydrogen) atoms. The highest BCUT2D eigenvalue weighted by Gasteiger charge is 2.13. The SMILES string of the molecule is CCCCCC(CCCOCCCC(CCCCC)OC(C)=O)OC(C)=O. The van der Waals surface area contributed by atoms with Crippen LogP contribution in [0.4, 0.5) is 0 Å². The number of esters is 2. The molecule has 0 spiro atoms. The normalized spacial score (nSPS) is 13.2. The van der Waals surface area contributed by atoms with E-state index in [-0.39, 0.29) is 24.1 Å². The Balaban J connectivity index is 3.86. The summed E-state index contributed by atoms with van der Waals surface area (Å²) in [4.78, 5) is 22.4. The molecule has 160 valence electrons. The van der Waals surface area contributed by atoms with Crippen LogP contribution in [-0.2, 0) is 23.8 Å². The highest BCUT2D eigenvalue weighted by atomic mass is 16.5. The third-order valence-corrected chi connectivity index (χ3v) is 4.55.